The van der Waals surface area contributed by atoms with E-state index >= 15 is 0 Å². The smallest absolute Gasteiger partial charge is 0.324 e. The highest BCUT2D eigenvalue weighted by Gasteiger charge is 1.86. The Hall–Kier alpha value is -0.610. The molecule has 0 amide bonds. The van der Waals surface area contributed by atoms with Crippen LogP contribution in [-0.4, -0.2) is 12.6 Å². The van der Waals surface area contributed by atoms with Gasteiger partial charge in [0.05, 0.1) is 6.61 Å². The molecule has 0 radical (unpaired) electrons. The fourth-order valence-corrected chi connectivity index (χ4v) is 0.147. The number of carbonyl (C=O) groups excluding carboxylic acids is 1. The molecule has 4 heteroatoms. The largest absolute Gasteiger partial charge is 0.346 e. The second-order valence-corrected chi connectivity index (χ2v) is 1.11. The zero-order chi connectivity index (χ0) is 6.41. The number of carbonyl (C=O) groups is 1. The number of hydrogen-bond donors (Lipinski definition) is 1. The van der Waals surface area contributed by atoms with Crippen LogP contribution in [0.5, 0.6) is 0 Å². The van der Waals surface area contributed by atoms with Crippen molar-refractivity contribution in [2.45, 2.75) is 13.8 Å². The molecule has 0 aliphatic heterocycles. The average molecular weight is 119 g/mol. The van der Waals surface area contributed by atoms with E-state index in [4.69, 9.17) is 0 Å². The lowest BCUT2D eigenvalue weighted by molar-refractivity contribution is -0.187. The second-order valence-electron chi connectivity index (χ2n) is 1.11. The molecular formula is C4H9NO3. The van der Waals surface area contributed by atoms with Gasteiger partial charge < -0.3 is 4.84 Å². The predicted octanol–water partition coefficient (Wildman–Crippen LogP) is 0.00560. The Morgan fingerprint density at radius 1 is 1.75 bits per heavy atom. The zero-order valence-corrected chi connectivity index (χ0v) is 4.93. The third-order valence-electron chi connectivity index (χ3n) is 0.389. The van der Waals surface area contributed by atoms with Crippen molar-refractivity contribution < 1.29 is 14.5 Å². The van der Waals surface area contributed by atoms with Gasteiger partial charge >= 0.3 is 5.97 Å². The molecule has 0 atom stereocenters. The molecule has 0 aromatic rings. The first kappa shape index (κ1) is 7.39. The molecule has 0 heterocycles. The molecule has 0 aromatic carbocycles. The van der Waals surface area contributed by atoms with E-state index in [0.717, 1.165) is 0 Å². The Morgan fingerprint density at radius 3 is 2.75 bits per heavy atom. The first-order valence-corrected chi connectivity index (χ1v) is 2.31. The van der Waals surface area contributed by atoms with E-state index in [1.807, 2.05) is 5.64 Å². The van der Waals surface area contributed by atoms with Gasteiger partial charge in [0, 0.05) is 6.92 Å². The highest BCUT2D eigenvalue weighted by atomic mass is 16.9. The van der Waals surface area contributed by atoms with E-state index in [1.165, 1.54) is 6.92 Å². The van der Waals surface area contributed by atoms with E-state index in [0.29, 0.717) is 6.61 Å². The lowest BCUT2D eigenvalue weighted by Crippen LogP contribution is -2.17. The molecule has 0 saturated carbocycles. The zero-order valence-electron chi connectivity index (χ0n) is 4.93. The first-order valence-electron chi connectivity index (χ1n) is 2.31. The van der Waals surface area contributed by atoms with E-state index in [-0.39, 0.29) is 0 Å². The van der Waals surface area contributed by atoms with Crippen molar-refractivity contribution in [3.8, 4) is 0 Å². The minimum atomic E-state index is -0.418. The highest BCUT2D eigenvalue weighted by Crippen LogP contribution is 1.68. The lowest BCUT2D eigenvalue weighted by Gasteiger charge is -1.98. The molecule has 0 aromatic heterocycles. The maximum atomic E-state index is 9.95. The summed E-state index contributed by atoms with van der Waals surface area (Å²) in [6.45, 7) is 3.52. The summed E-state index contributed by atoms with van der Waals surface area (Å²) in [5.41, 5.74) is 1.98. The van der Waals surface area contributed by atoms with Crippen molar-refractivity contribution in [2.24, 2.45) is 0 Å². The first-order chi connectivity index (χ1) is 3.77. The highest BCUT2D eigenvalue weighted by molar-refractivity contribution is 5.65. The Morgan fingerprint density at radius 2 is 2.38 bits per heavy atom. The molecular weight excluding hydrogens is 110 g/mol. The van der Waals surface area contributed by atoms with Crippen LogP contribution in [-0.2, 0) is 14.5 Å². The van der Waals surface area contributed by atoms with E-state index in [1.54, 1.807) is 6.92 Å². The average Bonchev–Trinajstić information content (AvgIpc) is 1.66. The molecule has 0 saturated heterocycles. The van der Waals surface area contributed by atoms with Crippen molar-refractivity contribution in [1.29, 1.82) is 0 Å². The molecule has 0 spiro atoms. The SMILES string of the molecule is CCONOC(C)=O. The predicted molar refractivity (Wildman–Crippen MR) is 26.5 cm³/mol. The van der Waals surface area contributed by atoms with Crippen LogP contribution in [0.1, 0.15) is 13.8 Å². The van der Waals surface area contributed by atoms with Gasteiger partial charge in [0.25, 0.3) is 0 Å². The van der Waals surface area contributed by atoms with Crippen LogP contribution in [0.3, 0.4) is 0 Å². The molecule has 48 valence electrons. The maximum Gasteiger partial charge on any atom is 0.324 e. The summed E-state index contributed by atoms with van der Waals surface area (Å²) in [5, 5.41) is 0. The van der Waals surface area contributed by atoms with E-state index in [2.05, 4.69) is 9.68 Å². The van der Waals surface area contributed by atoms with Crippen molar-refractivity contribution in [2.75, 3.05) is 6.61 Å². The second kappa shape index (κ2) is 4.55. The van der Waals surface area contributed by atoms with Gasteiger partial charge in [-0.1, -0.05) is 0 Å². The van der Waals surface area contributed by atoms with Gasteiger partial charge in [0.1, 0.15) is 0 Å². The fourth-order valence-electron chi connectivity index (χ4n) is 0.147. The van der Waals surface area contributed by atoms with Gasteiger partial charge in [-0.15, -0.1) is 0 Å². The Bertz CT molecular complexity index is 73.7. The standard InChI is InChI=1S/C4H9NO3/c1-3-7-5-8-4(2)6/h5H,3H2,1-2H3. The summed E-state index contributed by atoms with van der Waals surface area (Å²) >= 11 is 0. The summed E-state index contributed by atoms with van der Waals surface area (Å²) in [6.07, 6.45) is 0. The van der Waals surface area contributed by atoms with Gasteiger partial charge in [0.15, 0.2) is 0 Å². The molecule has 0 bridgehead atoms. The summed E-state index contributed by atoms with van der Waals surface area (Å²) in [7, 11) is 0. The number of hydrogen-bond acceptors (Lipinski definition) is 4. The maximum absolute atomic E-state index is 9.95. The van der Waals surface area contributed by atoms with Crippen LogP contribution in [0.25, 0.3) is 0 Å². The van der Waals surface area contributed by atoms with Crippen molar-refractivity contribution >= 4 is 5.97 Å². The molecule has 1 N–H and O–H groups in total. The lowest BCUT2D eigenvalue weighted by atomic mass is 10.8. The Balaban J connectivity index is 2.82. The molecule has 0 rings (SSSR count). The van der Waals surface area contributed by atoms with Crippen molar-refractivity contribution in [1.82, 2.24) is 5.64 Å². The van der Waals surface area contributed by atoms with Crippen LogP contribution < -0.4 is 5.64 Å². The summed E-state index contributed by atoms with van der Waals surface area (Å²) in [5.74, 6) is -0.418. The van der Waals surface area contributed by atoms with Gasteiger partial charge in [-0.25, -0.2) is 0 Å². The van der Waals surface area contributed by atoms with E-state index in [9.17, 15) is 4.79 Å². The third kappa shape index (κ3) is 5.39. The van der Waals surface area contributed by atoms with Crippen molar-refractivity contribution in [3.05, 3.63) is 0 Å². The molecule has 8 heavy (non-hydrogen) atoms. The number of rotatable bonds is 3. The summed E-state index contributed by atoms with van der Waals surface area (Å²) in [6, 6.07) is 0. The van der Waals surface area contributed by atoms with Gasteiger partial charge in [-0.2, -0.15) is 0 Å². The number of nitrogens with one attached hydrogen (secondary N) is 1. The van der Waals surface area contributed by atoms with Crippen LogP contribution in [0.4, 0.5) is 0 Å². The molecule has 0 fully saturated rings. The van der Waals surface area contributed by atoms with E-state index < -0.39 is 5.97 Å². The van der Waals surface area contributed by atoms with Gasteiger partial charge in [-0.3, -0.25) is 9.63 Å². The third-order valence-corrected chi connectivity index (χ3v) is 0.389. The summed E-state index contributed by atoms with van der Waals surface area (Å²) in [4.78, 5) is 18.6. The van der Waals surface area contributed by atoms with Crippen LogP contribution in [0, 0.1) is 0 Å². The molecule has 0 unspecified atom stereocenters. The van der Waals surface area contributed by atoms with Crippen LogP contribution >= 0.6 is 0 Å². The molecule has 4 nitrogen and oxygen atoms in total. The van der Waals surface area contributed by atoms with Gasteiger partial charge in [-0.05, 0) is 12.6 Å². The van der Waals surface area contributed by atoms with Crippen LogP contribution in [0.2, 0.25) is 0 Å². The molecule has 0 aliphatic rings. The van der Waals surface area contributed by atoms with Crippen molar-refractivity contribution in [3.63, 3.8) is 0 Å². The minimum Gasteiger partial charge on any atom is -0.346 e. The topological polar surface area (TPSA) is 47.6 Å². The minimum absolute atomic E-state index is 0.418. The Kier molecular flexibility index (Phi) is 4.20. The summed E-state index contributed by atoms with van der Waals surface area (Å²) < 4.78 is 0. The molecule has 0 aliphatic carbocycles. The monoisotopic (exact) mass is 119 g/mol. The quantitative estimate of drug-likeness (QED) is 0.420. The Labute approximate surface area is 47.7 Å². The van der Waals surface area contributed by atoms with Gasteiger partial charge in [0.2, 0.25) is 0 Å². The normalized spacial score (nSPS) is 8.75. The van der Waals surface area contributed by atoms with Crippen LogP contribution in [0.15, 0.2) is 0 Å². The fraction of sp³-hybridized carbons (Fsp3) is 0.750.